The van der Waals surface area contributed by atoms with E-state index in [0.717, 1.165) is 0 Å². The molecular formula is C24H37N3O6S. The molecule has 0 unspecified atom stereocenters. The highest BCUT2D eigenvalue weighted by atomic mass is 32.2. The zero-order valence-corrected chi connectivity index (χ0v) is 21.6. The Kier molecular flexibility index (Phi) is 10.1. The molecule has 10 heteroatoms. The zero-order valence-electron chi connectivity index (χ0n) is 20.7. The number of ether oxygens (including phenoxy) is 1. The standard InChI is InChI=1S/C24H37N3O6S/c1-6-27(7-2)34(31,32)20-11-9-10-19(16-20)22(28)25-21(17(4)5)23(29)26-14-12-18(13-15-26)24(30)33-8-3/h9-11,16-18,21H,6-8,12-15H2,1-5H3,(H,25,28)/t21-/m0/s1. The predicted molar refractivity (Wildman–Crippen MR) is 129 cm³/mol. The van der Waals surface area contributed by atoms with Crippen LogP contribution in [-0.2, 0) is 24.3 Å². The number of nitrogens with zero attached hydrogens (tertiary/aromatic N) is 2. The van der Waals surface area contributed by atoms with Crippen LogP contribution in [0.25, 0.3) is 0 Å². The number of nitrogens with one attached hydrogen (secondary N) is 1. The van der Waals surface area contributed by atoms with Crippen molar-refractivity contribution in [1.29, 1.82) is 0 Å². The van der Waals surface area contributed by atoms with Gasteiger partial charge in [-0.3, -0.25) is 14.4 Å². The molecule has 0 bridgehead atoms. The Bertz CT molecular complexity index is 967. The number of hydrogen-bond donors (Lipinski definition) is 1. The Morgan fingerprint density at radius 1 is 1.12 bits per heavy atom. The van der Waals surface area contributed by atoms with Crippen LogP contribution in [0.4, 0.5) is 0 Å². The average Bonchev–Trinajstić information content (AvgIpc) is 2.82. The summed E-state index contributed by atoms with van der Waals surface area (Å²) in [5.74, 6) is -1.35. The summed E-state index contributed by atoms with van der Waals surface area (Å²) in [6.07, 6.45) is 1.04. The van der Waals surface area contributed by atoms with Crippen LogP contribution < -0.4 is 5.32 Å². The number of likely N-dealkylation sites (tertiary alicyclic amines) is 1. The molecule has 1 fully saturated rings. The fourth-order valence-electron chi connectivity index (χ4n) is 4.04. The first-order valence-corrected chi connectivity index (χ1v) is 13.4. The number of sulfonamides is 1. The molecule has 34 heavy (non-hydrogen) atoms. The second-order valence-corrected chi connectivity index (χ2v) is 10.6. The normalized spacial score (nSPS) is 15.9. The molecule has 1 aromatic carbocycles. The van der Waals surface area contributed by atoms with Gasteiger partial charge in [-0.1, -0.05) is 33.8 Å². The van der Waals surface area contributed by atoms with Gasteiger partial charge in [-0.25, -0.2) is 8.42 Å². The molecule has 1 saturated heterocycles. The summed E-state index contributed by atoms with van der Waals surface area (Å²) in [7, 11) is -3.71. The van der Waals surface area contributed by atoms with E-state index in [1.807, 2.05) is 13.8 Å². The lowest BCUT2D eigenvalue weighted by molar-refractivity contribution is -0.151. The van der Waals surface area contributed by atoms with Crippen LogP contribution in [0.5, 0.6) is 0 Å². The van der Waals surface area contributed by atoms with Gasteiger partial charge >= 0.3 is 5.97 Å². The van der Waals surface area contributed by atoms with Gasteiger partial charge < -0.3 is 15.0 Å². The Morgan fingerprint density at radius 3 is 2.26 bits per heavy atom. The summed E-state index contributed by atoms with van der Waals surface area (Å²) in [6.45, 7) is 10.8. The molecule has 1 aliphatic heterocycles. The van der Waals surface area contributed by atoms with Gasteiger partial charge in [0.1, 0.15) is 6.04 Å². The number of rotatable bonds is 10. The van der Waals surface area contributed by atoms with Gasteiger partial charge in [0, 0.05) is 31.7 Å². The summed E-state index contributed by atoms with van der Waals surface area (Å²) in [5, 5.41) is 2.79. The summed E-state index contributed by atoms with van der Waals surface area (Å²) in [5.41, 5.74) is 0.174. The Morgan fingerprint density at radius 2 is 1.74 bits per heavy atom. The van der Waals surface area contributed by atoms with Crippen molar-refractivity contribution in [1.82, 2.24) is 14.5 Å². The van der Waals surface area contributed by atoms with E-state index in [9.17, 15) is 22.8 Å². The number of piperidine rings is 1. The lowest BCUT2D eigenvalue weighted by Crippen LogP contribution is -2.53. The Balaban J connectivity index is 2.13. The molecule has 1 heterocycles. The fraction of sp³-hybridized carbons (Fsp3) is 0.625. The summed E-state index contributed by atoms with van der Waals surface area (Å²) in [6, 6.07) is 5.09. The smallest absolute Gasteiger partial charge is 0.309 e. The Labute approximate surface area is 202 Å². The van der Waals surface area contributed by atoms with Crippen molar-refractivity contribution in [2.45, 2.75) is 58.4 Å². The predicted octanol–water partition coefficient (Wildman–Crippen LogP) is 2.27. The Hall–Kier alpha value is -2.46. The molecule has 0 aromatic heterocycles. The van der Waals surface area contributed by atoms with E-state index in [0.29, 0.717) is 45.6 Å². The molecule has 1 atom stereocenters. The van der Waals surface area contributed by atoms with Gasteiger partial charge in [-0.2, -0.15) is 4.31 Å². The van der Waals surface area contributed by atoms with Crippen LogP contribution >= 0.6 is 0 Å². The van der Waals surface area contributed by atoms with E-state index in [-0.39, 0.29) is 34.2 Å². The number of hydrogen-bond acceptors (Lipinski definition) is 6. The van der Waals surface area contributed by atoms with Crippen LogP contribution in [0, 0.1) is 11.8 Å². The largest absolute Gasteiger partial charge is 0.466 e. The van der Waals surface area contributed by atoms with Crippen molar-refractivity contribution < 1.29 is 27.5 Å². The SMILES string of the molecule is CCOC(=O)C1CCN(C(=O)[C@@H](NC(=O)c2cccc(S(=O)(=O)N(CC)CC)c2)C(C)C)CC1. The minimum Gasteiger partial charge on any atom is -0.466 e. The molecular weight excluding hydrogens is 458 g/mol. The molecule has 190 valence electrons. The first kappa shape index (κ1) is 27.8. The molecule has 2 amide bonds. The molecule has 1 aromatic rings. The van der Waals surface area contributed by atoms with Gasteiger partial charge in [0.2, 0.25) is 15.9 Å². The second-order valence-electron chi connectivity index (χ2n) is 8.66. The third-order valence-corrected chi connectivity index (χ3v) is 8.13. The fourth-order valence-corrected chi connectivity index (χ4v) is 5.55. The number of benzene rings is 1. The van der Waals surface area contributed by atoms with Crippen molar-refractivity contribution in [3.8, 4) is 0 Å². The molecule has 1 aliphatic rings. The average molecular weight is 496 g/mol. The zero-order chi connectivity index (χ0) is 25.5. The quantitative estimate of drug-likeness (QED) is 0.498. The number of carbonyl (C=O) groups is 3. The van der Waals surface area contributed by atoms with E-state index in [1.54, 1.807) is 25.7 Å². The van der Waals surface area contributed by atoms with E-state index < -0.39 is 22.0 Å². The molecule has 9 nitrogen and oxygen atoms in total. The molecule has 0 aliphatic carbocycles. The molecule has 2 rings (SSSR count). The van der Waals surface area contributed by atoms with Gasteiger partial charge in [0.05, 0.1) is 17.4 Å². The van der Waals surface area contributed by atoms with Gasteiger partial charge in [-0.15, -0.1) is 0 Å². The van der Waals surface area contributed by atoms with Crippen LogP contribution in [0.1, 0.15) is 57.8 Å². The maximum Gasteiger partial charge on any atom is 0.309 e. The van der Waals surface area contributed by atoms with E-state index in [1.165, 1.54) is 28.6 Å². The van der Waals surface area contributed by atoms with Gasteiger partial charge in [0.15, 0.2) is 0 Å². The van der Waals surface area contributed by atoms with Crippen LogP contribution in [-0.4, -0.2) is 74.2 Å². The minimum absolute atomic E-state index is 0.0392. The van der Waals surface area contributed by atoms with Crippen molar-refractivity contribution in [3.05, 3.63) is 29.8 Å². The van der Waals surface area contributed by atoms with Gasteiger partial charge in [0.25, 0.3) is 5.91 Å². The maximum atomic E-state index is 13.2. The van der Waals surface area contributed by atoms with Crippen LogP contribution in [0.2, 0.25) is 0 Å². The number of carbonyl (C=O) groups excluding carboxylic acids is 3. The van der Waals surface area contributed by atoms with E-state index in [2.05, 4.69) is 5.32 Å². The lowest BCUT2D eigenvalue weighted by Gasteiger charge is -2.34. The monoisotopic (exact) mass is 495 g/mol. The highest BCUT2D eigenvalue weighted by Gasteiger charge is 2.33. The third kappa shape index (κ3) is 6.56. The summed E-state index contributed by atoms with van der Waals surface area (Å²) in [4.78, 5) is 39.9. The molecule has 1 N–H and O–H groups in total. The first-order chi connectivity index (χ1) is 16.1. The number of amides is 2. The number of esters is 1. The first-order valence-electron chi connectivity index (χ1n) is 11.9. The van der Waals surface area contributed by atoms with E-state index >= 15 is 0 Å². The van der Waals surface area contributed by atoms with Crippen molar-refractivity contribution in [2.24, 2.45) is 11.8 Å². The molecule has 0 spiro atoms. The summed E-state index contributed by atoms with van der Waals surface area (Å²) < 4.78 is 32.1. The summed E-state index contributed by atoms with van der Waals surface area (Å²) >= 11 is 0. The van der Waals surface area contributed by atoms with Crippen LogP contribution in [0.15, 0.2) is 29.2 Å². The van der Waals surface area contributed by atoms with Crippen molar-refractivity contribution >= 4 is 27.8 Å². The highest BCUT2D eigenvalue weighted by Crippen LogP contribution is 2.21. The topological polar surface area (TPSA) is 113 Å². The minimum atomic E-state index is -3.71. The van der Waals surface area contributed by atoms with E-state index in [4.69, 9.17) is 4.74 Å². The van der Waals surface area contributed by atoms with Crippen molar-refractivity contribution in [3.63, 3.8) is 0 Å². The molecule has 0 saturated carbocycles. The van der Waals surface area contributed by atoms with Crippen molar-refractivity contribution in [2.75, 3.05) is 32.8 Å². The lowest BCUT2D eigenvalue weighted by atomic mass is 9.95. The third-order valence-electron chi connectivity index (χ3n) is 6.09. The van der Waals surface area contributed by atoms with Crippen LogP contribution in [0.3, 0.4) is 0 Å². The maximum absolute atomic E-state index is 13.2. The highest BCUT2D eigenvalue weighted by molar-refractivity contribution is 7.89. The second kappa shape index (κ2) is 12.3. The van der Waals surface area contributed by atoms with Gasteiger partial charge in [-0.05, 0) is 43.9 Å². The molecule has 0 radical (unpaired) electrons.